The lowest BCUT2D eigenvalue weighted by atomic mass is 10.0. The normalized spacial score (nSPS) is 18.4. The third-order valence-corrected chi connectivity index (χ3v) is 4.21. The minimum absolute atomic E-state index is 0.307. The SMILES string of the molecule is Cc1cc(-c2cc(Br)ccc2C)nc(C2CCCN2)n1. The van der Waals surface area contributed by atoms with Crippen molar-refractivity contribution < 1.29 is 0 Å². The van der Waals surface area contributed by atoms with Gasteiger partial charge in [0.2, 0.25) is 0 Å². The molecule has 0 aliphatic carbocycles. The fourth-order valence-electron chi connectivity index (χ4n) is 2.66. The first-order valence-electron chi connectivity index (χ1n) is 6.99. The lowest BCUT2D eigenvalue weighted by Gasteiger charge is -2.13. The fourth-order valence-corrected chi connectivity index (χ4v) is 3.02. The van der Waals surface area contributed by atoms with Gasteiger partial charge in [-0.3, -0.25) is 0 Å². The summed E-state index contributed by atoms with van der Waals surface area (Å²) >= 11 is 3.54. The van der Waals surface area contributed by atoms with Crippen LogP contribution in [0.1, 0.15) is 36.0 Å². The van der Waals surface area contributed by atoms with Gasteiger partial charge >= 0.3 is 0 Å². The molecule has 104 valence electrons. The number of aromatic nitrogens is 2. The van der Waals surface area contributed by atoms with Crippen molar-refractivity contribution in [3.63, 3.8) is 0 Å². The molecule has 1 aliphatic heterocycles. The largest absolute Gasteiger partial charge is 0.307 e. The molecule has 4 heteroatoms. The maximum atomic E-state index is 4.79. The van der Waals surface area contributed by atoms with Gasteiger partial charge in [0.15, 0.2) is 0 Å². The van der Waals surface area contributed by atoms with Crippen molar-refractivity contribution in [2.45, 2.75) is 32.7 Å². The van der Waals surface area contributed by atoms with Gasteiger partial charge in [0.05, 0.1) is 11.7 Å². The van der Waals surface area contributed by atoms with Gasteiger partial charge in [-0.15, -0.1) is 0 Å². The Hall–Kier alpha value is -1.26. The molecular formula is C16H18BrN3. The van der Waals surface area contributed by atoms with Crippen molar-refractivity contribution in [1.82, 2.24) is 15.3 Å². The third kappa shape index (κ3) is 2.76. The van der Waals surface area contributed by atoms with Crippen LogP contribution in [0.4, 0.5) is 0 Å². The van der Waals surface area contributed by atoms with E-state index in [9.17, 15) is 0 Å². The van der Waals surface area contributed by atoms with E-state index in [1.165, 1.54) is 17.5 Å². The van der Waals surface area contributed by atoms with Crippen LogP contribution in [0.5, 0.6) is 0 Å². The van der Waals surface area contributed by atoms with Gasteiger partial charge in [0, 0.05) is 15.7 Å². The van der Waals surface area contributed by atoms with E-state index in [0.29, 0.717) is 6.04 Å². The van der Waals surface area contributed by atoms with Crippen molar-refractivity contribution in [3.8, 4) is 11.3 Å². The third-order valence-electron chi connectivity index (χ3n) is 3.72. The van der Waals surface area contributed by atoms with Gasteiger partial charge in [0.25, 0.3) is 0 Å². The highest BCUT2D eigenvalue weighted by Crippen LogP contribution is 2.28. The zero-order chi connectivity index (χ0) is 14.1. The summed E-state index contributed by atoms with van der Waals surface area (Å²) in [5, 5.41) is 3.47. The van der Waals surface area contributed by atoms with Crippen molar-refractivity contribution in [3.05, 3.63) is 45.8 Å². The minimum atomic E-state index is 0.307. The molecule has 20 heavy (non-hydrogen) atoms. The van der Waals surface area contributed by atoms with Crippen LogP contribution in [-0.4, -0.2) is 16.5 Å². The van der Waals surface area contributed by atoms with E-state index in [4.69, 9.17) is 4.98 Å². The predicted molar refractivity (Wildman–Crippen MR) is 84.6 cm³/mol. The van der Waals surface area contributed by atoms with Gasteiger partial charge in [-0.25, -0.2) is 9.97 Å². The summed E-state index contributed by atoms with van der Waals surface area (Å²) in [4.78, 5) is 9.40. The Kier molecular flexibility index (Phi) is 3.85. The van der Waals surface area contributed by atoms with Crippen molar-refractivity contribution in [2.24, 2.45) is 0 Å². The quantitative estimate of drug-likeness (QED) is 0.905. The maximum Gasteiger partial charge on any atom is 0.146 e. The van der Waals surface area contributed by atoms with Crippen LogP contribution in [0, 0.1) is 13.8 Å². The second-order valence-electron chi connectivity index (χ2n) is 5.36. The van der Waals surface area contributed by atoms with E-state index >= 15 is 0 Å². The standard InChI is InChI=1S/C16H18BrN3/c1-10-5-6-12(17)9-13(10)15-8-11(2)19-16(20-15)14-4-3-7-18-14/h5-6,8-9,14,18H,3-4,7H2,1-2H3. The summed E-state index contributed by atoms with van der Waals surface area (Å²) in [5.74, 6) is 0.928. The van der Waals surface area contributed by atoms with Crippen LogP contribution in [0.15, 0.2) is 28.7 Å². The van der Waals surface area contributed by atoms with Gasteiger partial charge in [-0.05, 0) is 57.0 Å². The molecule has 0 bridgehead atoms. The Labute approximate surface area is 128 Å². The van der Waals surface area contributed by atoms with Crippen LogP contribution < -0.4 is 5.32 Å². The molecule has 3 nitrogen and oxygen atoms in total. The molecular weight excluding hydrogens is 314 g/mol. The minimum Gasteiger partial charge on any atom is -0.307 e. The lowest BCUT2D eigenvalue weighted by molar-refractivity contribution is 0.603. The maximum absolute atomic E-state index is 4.79. The first kappa shape index (κ1) is 13.7. The summed E-state index contributed by atoms with van der Waals surface area (Å²) in [6.07, 6.45) is 2.33. The Morgan fingerprint density at radius 3 is 2.80 bits per heavy atom. The van der Waals surface area contributed by atoms with Crippen LogP contribution in [0.25, 0.3) is 11.3 Å². The number of aryl methyl sites for hydroxylation is 2. The van der Waals surface area contributed by atoms with E-state index in [2.05, 4.69) is 57.4 Å². The average Bonchev–Trinajstić information content (AvgIpc) is 2.95. The van der Waals surface area contributed by atoms with Crippen LogP contribution >= 0.6 is 15.9 Å². The number of hydrogen-bond donors (Lipinski definition) is 1. The van der Waals surface area contributed by atoms with Crippen LogP contribution in [0.3, 0.4) is 0 Å². The molecule has 1 unspecified atom stereocenters. The number of benzene rings is 1. The highest BCUT2D eigenvalue weighted by molar-refractivity contribution is 9.10. The Balaban J connectivity index is 2.06. The summed E-state index contributed by atoms with van der Waals surface area (Å²) in [7, 11) is 0. The molecule has 1 fully saturated rings. The molecule has 2 heterocycles. The smallest absolute Gasteiger partial charge is 0.146 e. The van der Waals surface area contributed by atoms with Crippen molar-refractivity contribution >= 4 is 15.9 Å². The second kappa shape index (κ2) is 5.62. The Morgan fingerprint density at radius 2 is 2.05 bits per heavy atom. The molecule has 0 spiro atoms. The van der Waals surface area contributed by atoms with E-state index in [1.54, 1.807) is 0 Å². The Morgan fingerprint density at radius 1 is 1.20 bits per heavy atom. The Bertz CT molecular complexity index is 634. The van der Waals surface area contributed by atoms with Crippen LogP contribution in [0.2, 0.25) is 0 Å². The summed E-state index contributed by atoms with van der Waals surface area (Å²) < 4.78 is 1.08. The van der Waals surface area contributed by atoms with Crippen molar-refractivity contribution in [1.29, 1.82) is 0 Å². The van der Waals surface area contributed by atoms with E-state index < -0.39 is 0 Å². The van der Waals surface area contributed by atoms with Crippen molar-refractivity contribution in [2.75, 3.05) is 6.54 Å². The second-order valence-corrected chi connectivity index (χ2v) is 6.28. The number of halogens is 1. The topological polar surface area (TPSA) is 37.8 Å². The van der Waals surface area contributed by atoms with Gasteiger partial charge in [-0.2, -0.15) is 0 Å². The van der Waals surface area contributed by atoms with E-state index in [-0.39, 0.29) is 0 Å². The average molecular weight is 332 g/mol. The van der Waals surface area contributed by atoms with E-state index in [0.717, 1.165) is 34.7 Å². The molecule has 1 aliphatic rings. The molecule has 3 rings (SSSR count). The monoisotopic (exact) mass is 331 g/mol. The zero-order valence-electron chi connectivity index (χ0n) is 11.8. The summed E-state index contributed by atoms with van der Waals surface area (Å²) in [6, 6.07) is 8.67. The van der Waals surface area contributed by atoms with Crippen LogP contribution in [-0.2, 0) is 0 Å². The number of nitrogens with zero attached hydrogens (tertiary/aromatic N) is 2. The summed E-state index contributed by atoms with van der Waals surface area (Å²) in [5.41, 5.74) is 4.44. The number of nitrogens with one attached hydrogen (secondary N) is 1. The fraction of sp³-hybridized carbons (Fsp3) is 0.375. The highest BCUT2D eigenvalue weighted by Gasteiger charge is 2.20. The van der Waals surface area contributed by atoms with Gasteiger partial charge in [-0.1, -0.05) is 22.0 Å². The highest BCUT2D eigenvalue weighted by atomic mass is 79.9. The molecule has 0 radical (unpaired) electrons. The molecule has 1 N–H and O–H groups in total. The zero-order valence-corrected chi connectivity index (χ0v) is 13.4. The van der Waals surface area contributed by atoms with E-state index in [1.807, 2.05) is 6.92 Å². The summed E-state index contributed by atoms with van der Waals surface area (Å²) in [6.45, 7) is 5.22. The molecule has 1 aromatic carbocycles. The first-order valence-corrected chi connectivity index (χ1v) is 7.78. The first-order chi connectivity index (χ1) is 9.63. The molecule has 2 aromatic rings. The van der Waals surface area contributed by atoms with Gasteiger partial charge in [0.1, 0.15) is 5.82 Å². The molecule has 1 aromatic heterocycles. The number of hydrogen-bond acceptors (Lipinski definition) is 3. The molecule has 0 saturated carbocycles. The molecule has 0 amide bonds. The number of rotatable bonds is 2. The molecule has 1 atom stereocenters. The lowest BCUT2D eigenvalue weighted by Crippen LogP contribution is -2.16. The van der Waals surface area contributed by atoms with Gasteiger partial charge < -0.3 is 5.32 Å². The predicted octanol–water partition coefficient (Wildman–Crippen LogP) is 3.95. The molecule has 1 saturated heterocycles.